The molecule has 10 aromatic carbocycles. The molecule has 0 saturated carbocycles. The summed E-state index contributed by atoms with van der Waals surface area (Å²) in [6.07, 6.45) is 5.48. The molecule has 0 aromatic heterocycles. The fraction of sp³-hybridized carbons (Fsp3) is 0.323. The molecule has 0 aliphatic carbocycles. The zero-order chi connectivity index (χ0) is 76.4. The van der Waals surface area contributed by atoms with E-state index in [4.69, 9.17) is 11.5 Å². The first-order chi connectivity index (χ1) is 52.5. The molecule has 108 heavy (non-hydrogen) atoms. The zero-order valence-corrected chi connectivity index (χ0v) is 64.0. The van der Waals surface area contributed by atoms with E-state index in [2.05, 4.69) is 133 Å². The van der Waals surface area contributed by atoms with Crippen LogP contribution in [0.1, 0.15) is 101 Å². The Morgan fingerprint density at radius 1 is 0.315 bits per heavy atom. The van der Waals surface area contributed by atoms with E-state index < -0.39 is 21.7 Å². The van der Waals surface area contributed by atoms with Crippen molar-refractivity contribution in [2.45, 2.75) is 66.6 Å². The number of rotatable bonds is 16. The van der Waals surface area contributed by atoms with Crippen LogP contribution in [-0.4, -0.2) is 137 Å². The van der Waals surface area contributed by atoms with E-state index in [1.807, 2.05) is 255 Å². The van der Waals surface area contributed by atoms with Crippen molar-refractivity contribution in [3.05, 3.63) is 359 Å². The second-order valence-corrected chi connectivity index (χ2v) is 30.1. The summed E-state index contributed by atoms with van der Waals surface area (Å²) in [4.78, 5) is 37.0. The number of carbonyl (C=O) groups excluding carboxylic acids is 2. The molecular formula is C96H108N10O2. The Kier molecular flexibility index (Phi) is 28.7. The zero-order valence-electron chi connectivity index (χ0n) is 64.0. The maximum absolute atomic E-state index is 12.7. The fourth-order valence-electron chi connectivity index (χ4n) is 17.5. The van der Waals surface area contributed by atoms with Crippen LogP contribution in [0.15, 0.2) is 303 Å². The molecule has 0 radical (unpaired) electrons. The third kappa shape index (κ3) is 18.5. The average molecular weight is 1430 g/mol. The molecule has 15 rings (SSSR count). The van der Waals surface area contributed by atoms with Gasteiger partial charge in [-0.2, -0.15) is 15.8 Å². The molecule has 5 atom stereocenters. The molecule has 554 valence electrons. The quantitative estimate of drug-likeness (QED) is 0.0948. The van der Waals surface area contributed by atoms with Crippen LogP contribution in [0.5, 0.6) is 0 Å². The van der Waals surface area contributed by atoms with Crippen molar-refractivity contribution in [2.75, 3.05) is 101 Å². The van der Waals surface area contributed by atoms with Gasteiger partial charge in [0, 0.05) is 32.7 Å². The number of amides is 2. The first kappa shape index (κ1) is 80.0. The molecule has 5 fully saturated rings. The van der Waals surface area contributed by atoms with E-state index >= 15 is 0 Å². The number of primary amides is 2. The molecule has 10 aromatic rings. The first-order valence-electron chi connectivity index (χ1n) is 38.3. The summed E-state index contributed by atoms with van der Waals surface area (Å²) in [5.74, 6) is 1.32. The lowest BCUT2D eigenvalue weighted by molar-refractivity contribution is -0.124. The molecule has 5 aliphatic heterocycles. The predicted octanol–water partition coefficient (Wildman–Crippen LogP) is 16.0. The van der Waals surface area contributed by atoms with Crippen LogP contribution in [-0.2, 0) is 31.2 Å². The molecule has 12 nitrogen and oxygen atoms in total. The van der Waals surface area contributed by atoms with Gasteiger partial charge in [0.2, 0.25) is 11.8 Å². The monoisotopic (exact) mass is 1430 g/mol. The van der Waals surface area contributed by atoms with Crippen molar-refractivity contribution in [2.24, 2.45) is 41.1 Å². The molecule has 2 amide bonds. The number of nitriles is 3. The molecule has 5 aliphatic rings. The van der Waals surface area contributed by atoms with Gasteiger partial charge in [-0.25, -0.2) is 0 Å². The average Bonchev–Trinajstić information content (AvgIpc) is 1.46. The minimum absolute atomic E-state index is 0.160. The van der Waals surface area contributed by atoms with Crippen LogP contribution in [0.2, 0.25) is 0 Å². The van der Waals surface area contributed by atoms with E-state index in [1.165, 1.54) is 19.5 Å². The standard InChI is InChI=1S/2C19H22N2O.2C19H20N2.C14H11N.C6H13N/c2*1-21-13-12-17(14-21)19(18(20)22,15-8-4-2-5-9-15)16-10-6-3-7-11-16;2*1-21-13-12-18(14-21)19(15-20,16-8-4-2-5-9-16)17-10-6-3-7-11-17;15-11-14(12-7-3-1-4-8-12)13-9-5-2-6-10-13;1-6-3-4-7(2)5-6/h2*2-11,17H,12-14H2,1H3,(H2,20,22);2*2-11,18H,12-14H2,1H3;1-10,14H;6H,3-5H2,1-2H3. The topological polar surface area (TPSA) is 174 Å². The highest BCUT2D eigenvalue weighted by atomic mass is 16.2. The van der Waals surface area contributed by atoms with Crippen molar-refractivity contribution < 1.29 is 9.59 Å². The maximum atomic E-state index is 12.7. The molecule has 12 heteroatoms. The van der Waals surface area contributed by atoms with Crippen molar-refractivity contribution >= 4 is 11.8 Å². The second-order valence-electron chi connectivity index (χ2n) is 30.1. The summed E-state index contributed by atoms with van der Waals surface area (Å²) in [6.45, 7) is 12.7. The number of nitrogens with two attached hydrogens (primary N) is 2. The third-order valence-electron chi connectivity index (χ3n) is 23.0. The Labute approximate surface area is 643 Å². The summed E-state index contributed by atoms with van der Waals surface area (Å²) in [6, 6.07) is 108. The highest BCUT2D eigenvalue weighted by Gasteiger charge is 2.51. The van der Waals surface area contributed by atoms with Crippen LogP contribution >= 0.6 is 0 Å². The van der Waals surface area contributed by atoms with Crippen molar-refractivity contribution in [1.29, 1.82) is 15.8 Å². The summed E-state index contributed by atoms with van der Waals surface area (Å²) in [5, 5.41) is 29.5. The van der Waals surface area contributed by atoms with Gasteiger partial charge in [0.25, 0.3) is 0 Å². The minimum Gasteiger partial charge on any atom is -0.369 e. The summed E-state index contributed by atoms with van der Waals surface area (Å²) in [7, 11) is 10.7. The number of hydrogen-bond donors (Lipinski definition) is 2. The Morgan fingerprint density at radius 3 is 0.685 bits per heavy atom. The smallest absolute Gasteiger partial charge is 0.232 e. The summed E-state index contributed by atoms with van der Waals surface area (Å²) < 4.78 is 0. The van der Waals surface area contributed by atoms with Crippen molar-refractivity contribution in [3.8, 4) is 18.2 Å². The number of carbonyl (C=O) groups is 2. The van der Waals surface area contributed by atoms with Crippen molar-refractivity contribution in [1.82, 2.24) is 24.5 Å². The Balaban J connectivity index is 0.000000141. The molecule has 5 unspecified atom stereocenters. The Hall–Kier alpha value is -10.6. The number of benzene rings is 10. The van der Waals surface area contributed by atoms with Gasteiger partial charge in [0.15, 0.2) is 0 Å². The lowest BCUT2D eigenvalue weighted by Crippen LogP contribution is -2.49. The molecule has 4 N–H and O–H groups in total. The summed E-state index contributed by atoms with van der Waals surface area (Å²) in [5.41, 5.74) is 19.9. The summed E-state index contributed by atoms with van der Waals surface area (Å²) >= 11 is 0. The Bertz CT molecular complexity index is 4030. The molecular weight excluding hydrogens is 1330 g/mol. The van der Waals surface area contributed by atoms with Gasteiger partial charge >= 0.3 is 0 Å². The van der Waals surface area contributed by atoms with Crippen LogP contribution in [0.3, 0.4) is 0 Å². The molecule has 0 bridgehead atoms. The largest absolute Gasteiger partial charge is 0.369 e. The van der Waals surface area contributed by atoms with Crippen LogP contribution < -0.4 is 11.5 Å². The van der Waals surface area contributed by atoms with Gasteiger partial charge in [-0.15, -0.1) is 0 Å². The van der Waals surface area contributed by atoms with E-state index in [0.717, 1.165) is 140 Å². The van der Waals surface area contributed by atoms with Gasteiger partial charge in [0.1, 0.15) is 21.7 Å². The molecule has 5 heterocycles. The van der Waals surface area contributed by atoms with E-state index in [-0.39, 0.29) is 29.6 Å². The van der Waals surface area contributed by atoms with Gasteiger partial charge in [-0.05, 0) is 185 Å². The lowest BCUT2D eigenvalue weighted by Gasteiger charge is -2.37. The number of hydrogen-bond acceptors (Lipinski definition) is 10. The fourth-order valence-corrected chi connectivity index (χ4v) is 17.5. The number of nitrogens with zero attached hydrogens (tertiary/aromatic N) is 8. The normalized spacial score (nSPS) is 18.9. The molecule has 5 saturated heterocycles. The minimum atomic E-state index is -0.757. The molecule has 0 spiro atoms. The van der Waals surface area contributed by atoms with Gasteiger partial charge in [-0.1, -0.05) is 310 Å². The van der Waals surface area contributed by atoms with Gasteiger partial charge in [0.05, 0.1) is 24.1 Å². The predicted molar refractivity (Wildman–Crippen MR) is 438 cm³/mol. The van der Waals surface area contributed by atoms with Crippen molar-refractivity contribution in [3.63, 3.8) is 0 Å². The third-order valence-corrected chi connectivity index (χ3v) is 23.0. The van der Waals surface area contributed by atoms with Crippen LogP contribution in [0.25, 0.3) is 0 Å². The van der Waals surface area contributed by atoms with Gasteiger partial charge in [-0.3, -0.25) is 9.59 Å². The highest BCUT2D eigenvalue weighted by molar-refractivity contribution is 5.92. The first-order valence-corrected chi connectivity index (χ1v) is 38.3. The Morgan fingerprint density at radius 2 is 0.519 bits per heavy atom. The van der Waals surface area contributed by atoms with Crippen LogP contribution in [0, 0.1) is 63.6 Å². The van der Waals surface area contributed by atoms with Crippen LogP contribution in [0.4, 0.5) is 0 Å². The number of likely N-dealkylation sites (tertiary alicyclic amines) is 5. The lowest BCUT2D eigenvalue weighted by atomic mass is 9.64. The van der Waals surface area contributed by atoms with E-state index in [9.17, 15) is 25.4 Å². The van der Waals surface area contributed by atoms with E-state index in [1.54, 1.807) is 0 Å². The highest BCUT2D eigenvalue weighted by Crippen LogP contribution is 2.47. The van der Waals surface area contributed by atoms with Gasteiger partial charge < -0.3 is 36.0 Å². The second kappa shape index (κ2) is 38.8. The maximum Gasteiger partial charge on any atom is 0.232 e. The van der Waals surface area contributed by atoms with E-state index in [0.29, 0.717) is 11.8 Å². The SMILES string of the molecule is CC1CCN(C)C1.CN1CCC(C(C#N)(c2ccccc2)c2ccccc2)C1.CN1CCC(C(C#N)(c2ccccc2)c2ccccc2)C1.CN1CCC(C(C(N)=O)(c2ccccc2)c2ccccc2)C1.CN1CCC(C(C(N)=O)(c2ccccc2)c2ccccc2)C1.N#CC(c1ccccc1)c1ccccc1.